The van der Waals surface area contributed by atoms with Gasteiger partial charge in [0, 0.05) is 19.7 Å². The number of nitrogens with zero attached hydrogens (tertiary/aromatic N) is 1. The molecule has 0 amide bonds. The SMILES string of the molecule is C=CC[C@H](CCC(N)=NC=C)OC. The van der Waals surface area contributed by atoms with Crippen molar-refractivity contribution in [2.75, 3.05) is 7.11 Å². The fraction of sp³-hybridized carbons (Fsp3) is 0.500. The predicted molar refractivity (Wildman–Crippen MR) is 56.7 cm³/mol. The van der Waals surface area contributed by atoms with Gasteiger partial charge < -0.3 is 10.5 Å². The second-order valence-electron chi connectivity index (χ2n) is 2.72. The lowest BCUT2D eigenvalue weighted by Gasteiger charge is -2.12. The molecule has 74 valence electrons. The third kappa shape index (κ3) is 6.11. The summed E-state index contributed by atoms with van der Waals surface area (Å²) >= 11 is 0. The molecule has 0 spiro atoms. The molecule has 3 heteroatoms. The zero-order valence-corrected chi connectivity index (χ0v) is 8.20. The Morgan fingerprint density at radius 1 is 1.62 bits per heavy atom. The fourth-order valence-corrected chi connectivity index (χ4v) is 1.01. The van der Waals surface area contributed by atoms with E-state index in [-0.39, 0.29) is 6.10 Å². The van der Waals surface area contributed by atoms with Gasteiger partial charge in [0.2, 0.25) is 0 Å². The number of hydrogen-bond donors (Lipinski definition) is 1. The van der Waals surface area contributed by atoms with E-state index in [0.29, 0.717) is 5.84 Å². The number of nitrogens with two attached hydrogens (primary N) is 1. The molecule has 2 N–H and O–H groups in total. The van der Waals surface area contributed by atoms with Gasteiger partial charge >= 0.3 is 0 Å². The third-order valence-electron chi connectivity index (χ3n) is 1.74. The lowest BCUT2D eigenvalue weighted by Crippen LogP contribution is -2.16. The molecule has 0 aliphatic rings. The Morgan fingerprint density at radius 2 is 2.31 bits per heavy atom. The van der Waals surface area contributed by atoms with E-state index < -0.39 is 0 Å². The van der Waals surface area contributed by atoms with E-state index >= 15 is 0 Å². The Bertz CT molecular complexity index is 187. The molecular weight excluding hydrogens is 164 g/mol. The summed E-state index contributed by atoms with van der Waals surface area (Å²) in [6.45, 7) is 7.12. The second kappa shape index (κ2) is 7.55. The molecule has 0 aliphatic carbocycles. The van der Waals surface area contributed by atoms with E-state index in [4.69, 9.17) is 10.5 Å². The zero-order valence-electron chi connectivity index (χ0n) is 8.20. The van der Waals surface area contributed by atoms with Crippen LogP contribution in [-0.4, -0.2) is 19.0 Å². The van der Waals surface area contributed by atoms with E-state index in [2.05, 4.69) is 18.2 Å². The average molecular weight is 182 g/mol. The number of hydrogen-bond acceptors (Lipinski definition) is 2. The third-order valence-corrected chi connectivity index (χ3v) is 1.74. The number of aliphatic imine (C=N–C) groups is 1. The summed E-state index contributed by atoms with van der Waals surface area (Å²) in [6, 6.07) is 0. The minimum Gasteiger partial charge on any atom is -0.387 e. The normalized spacial score (nSPS) is 13.8. The van der Waals surface area contributed by atoms with Crippen LogP contribution in [0.5, 0.6) is 0 Å². The van der Waals surface area contributed by atoms with Crippen LogP contribution in [0.25, 0.3) is 0 Å². The molecule has 0 saturated heterocycles. The summed E-state index contributed by atoms with van der Waals surface area (Å²) < 4.78 is 5.21. The van der Waals surface area contributed by atoms with Crippen LogP contribution in [0.4, 0.5) is 0 Å². The smallest absolute Gasteiger partial charge is 0.0989 e. The first kappa shape index (κ1) is 11.9. The van der Waals surface area contributed by atoms with E-state index in [1.165, 1.54) is 6.20 Å². The molecule has 0 saturated carbocycles. The van der Waals surface area contributed by atoms with Gasteiger partial charge in [0.05, 0.1) is 11.9 Å². The highest BCUT2D eigenvalue weighted by Crippen LogP contribution is 2.06. The van der Waals surface area contributed by atoms with Crippen molar-refractivity contribution in [3.05, 3.63) is 25.4 Å². The maximum Gasteiger partial charge on any atom is 0.0989 e. The summed E-state index contributed by atoms with van der Waals surface area (Å²) in [5, 5.41) is 0. The molecule has 3 nitrogen and oxygen atoms in total. The summed E-state index contributed by atoms with van der Waals surface area (Å²) in [6.07, 6.45) is 5.93. The minimum atomic E-state index is 0.191. The highest BCUT2D eigenvalue weighted by atomic mass is 16.5. The highest BCUT2D eigenvalue weighted by molar-refractivity contribution is 5.80. The lowest BCUT2D eigenvalue weighted by molar-refractivity contribution is 0.0995. The summed E-state index contributed by atoms with van der Waals surface area (Å²) in [4.78, 5) is 3.87. The van der Waals surface area contributed by atoms with Crippen LogP contribution in [-0.2, 0) is 4.74 Å². The molecule has 0 bridgehead atoms. The molecule has 0 radical (unpaired) electrons. The predicted octanol–water partition coefficient (Wildman–Crippen LogP) is 1.86. The van der Waals surface area contributed by atoms with Gasteiger partial charge in [0.25, 0.3) is 0 Å². The average Bonchev–Trinajstić information content (AvgIpc) is 2.12. The van der Waals surface area contributed by atoms with Gasteiger partial charge in [0.15, 0.2) is 0 Å². The van der Waals surface area contributed by atoms with Crippen molar-refractivity contribution in [3.63, 3.8) is 0 Å². The van der Waals surface area contributed by atoms with Crippen molar-refractivity contribution in [1.82, 2.24) is 0 Å². The highest BCUT2D eigenvalue weighted by Gasteiger charge is 2.05. The summed E-state index contributed by atoms with van der Waals surface area (Å²) in [5.74, 6) is 0.598. The van der Waals surface area contributed by atoms with Gasteiger partial charge in [-0.25, -0.2) is 4.99 Å². The molecule has 0 aromatic rings. The Hall–Kier alpha value is -1.09. The van der Waals surface area contributed by atoms with Gasteiger partial charge in [-0.05, 0) is 12.8 Å². The van der Waals surface area contributed by atoms with E-state index in [0.717, 1.165) is 19.3 Å². The maximum absolute atomic E-state index is 5.58. The molecule has 13 heavy (non-hydrogen) atoms. The zero-order chi connectivity index (χ0) is 10.1. The van der Waals surface area contributed by atoms with Crippen LogP contribution in [0.15, 0.2) is 30.4 Å². The summed E-state index contributed by atoms with van der Waals surface area (Å²) in [7, 11) is 1.69. The number of rotatable bonds is 7. The van der Waals surface area contributed by atoms with Crippen LogP contribution in [0.1, 0.15) is 19.3 Å². The van der Waals surface area contributed by atoms with Crippen molar-refractivity contribution in [1.29, 1.82) is 0 Å². The molecule has 0 heterocycles. The number of ether oxygens (including phenoxy) is 1. The van der Waals surface area contributed by atoms with Gasteiger partial charge in [-0.2, -0.15) is 0 Å². The van der Waals surface area contributed by atoms with Crippen LogP contribution >= 0.6 is 0 Å². The number of methoxy groups -OCH3 is 1. The van der Waals surface area contributed by atoms with E-state index in [1.54, 1.807) is 7.11 Å². The largest absolute Gasteiger partial charge is 0.387 e. The van der Waals surface area contributed by atoms with Crippen molar-refractivity contribution in [2.24, 2.45) is 10.7 Å². The van der Waals surface area contributed by atoms with Crippen LogP contribution in [0, 0.1) is 0 Å². The van der Waals surface area contributed by atoms with Crippen LogP contribution in [0.2, 0.25) is 0 Å². The van der Waals surface area contributed by atoms with Gasteiger partial charge in [-0.15, -0.1) is 6.58 Å². The molecule has 0 aromatic heterocycles. The maximum atomic E-state index is 5.58. The first-order chi connectivity index (χ1) is 6.24. The van der Waals surface area contributed by atoms with Gasteiger partial charge in [-0.1, -0.05) is 12.7 Å². The first-order valence-corrected chi connectivity index (χ1v) is 4.31. The Morgan fingerprint density at radius 3 is 2.77 bits per heavy atom. The quantitative estimate of drug-likeness (QED) is 0.371. The molecule has 0 fully saturated rings. The second-order valence-corrected chi connectivity index (χ2v) is 2.72. The molecule has 0 unspecified atom stereocenters. The van der Waals surface area contributed by atoms with E-state index in [9.17, 15) is 0 Å². The summed E-state index contributed by atoms with van der Waals surface area (Å²) in [5.41, 5.74) is 5.58. The van der Waals surface area contributed by atoms with Crippen molar-refractivity contribution >= 4 is 5.84 Å². The monoisotopic (exact) mass is 182 g/mol. The van der Waals surface area contributed by atoms with Crippen molar-refractivity contribution in [2.45, 2.75) is 25.4 Å². The molecule has 0 rings (SSSR count). The van der Waals surface area contributed by atoms with E-state index in [1.807, 2.05) is 6.08 Å². The first-order valence-electron chi connectivity index (χ1n) is 4.31. The minimum absolute atomic E-state index is 0.191. The van der Waals surface area contributed by atoms with Crippen molar-refractivity contribution < 1.29 is 4.74 Å². The van der Waals surface area contributed by atoms with Crippen molar-refractivity contribution in [3.8, 4) is 0 Å². The number of amidine groups is 1. The Kier molecular flexibility index (Phi) is 6.92. The fourth-order valence-electron chi connectivity index (χ4n) is 1.01. The topological polar surface area (TPSA) is 47.6 Å². The standard InChI is InChI=1S/C10H18N2O/c1-4-6-9(13-3)7-8-10(11)12-5-2/h4-5,9H,1-2,6-8H2,3H3,(H2,11,12)/t9-/m1/s1. The van der Waals surface area contributed by atoms with Gasteiger partial charge in [-0.3, -0.25) is 0 Å². The van der Waals surface area contributed by atoms with Crippen LogP contribution < -0.4 is 5.73 Å². The lowest BCUT2D eigenvalue weighted by atomic mass is 10.1. The molecular formula is C10H18N2O. The Balaban J connectivity index is 3.76. The molecule has 0 aliphatic heterocycles. The molecule has 1 atom stereocenters. The Labute approximate surface area is 80.0 Å². The van der Waals surface area contributed by atoms with Gasteiger partial charge in [0.1, 0.15) is 0 Å². The van der Waals surface area contributed by atoms with Crippen LogP contribution in [0.3, 0.4) is 0 Å². The molecule has 0 aromatic carbocycles.